The average Bonchev–Trinajstić information content (AvgIpc) is 3.31. The number of carbonyl (C=O) groups excluding carboxylic acids is 1. The van der Waals surface area contributed by atoms with E-state index in [1.807, 2.05) is 30.3 Å². The number of rotatable bonds is 4. The zero-order valence-electron chi connectivity index (χ0n) is 14.1. The molecule has 1 fully saturated rings. The second-order valence-corrected chi connectivity index (χ2v) is 6.55. The second-order valence-electron chi connectivity index (χ2n) is 6.55. The Morgan fingerprint density at radius 3 is 2.88 bits per heavy atom. The van der Waals surface area contributed by atoms with Crippen molar-refractivity contribution in [1.29, 1.82) is 0 Å². The first-order valence-corrected chi connectivity index (χ1v) is 8.67. The summed E-state index contributed by atoms with van der Waals surface area (Å²) in [6.07, 6.45) is 6.26. The molecule has 1 unspecified atom stereocenters. The number of benzene rings is 1. The number of nitrogens with one attached hydrogen (secondary N) is 1. The first-order chi connectivity index (χ1) is 12.2. The smallest absolute Gasteiger partial charge is 0.249 e. The van der Waals surface area contributed by atoms with Crippen LogP contribution in [0.15, 0.2) is 41.1 Å². The van der Waals surface area contributed by atoms with Crippen LogP contribution < -0.4 is 5.32 Å². The highest BCUT2D eigenvalue weighted by atomic mass is 16.5. The molecule has 0 spiro atoms. The fourth-order valence-electron chi connectivity index (χ4n) is 3.66. The Morgan fingerprint density at radius 1 is 1.24 bits per heavy atom. The molecule has 4 rings (SSSR count). The van der Waals surface area contributed by atoms with Crippen molar-refractivity contribution in [2.75, 3.05) is 0 Å². The van der Waals surface area contributed by atoms with Crippen LogP contribution in [0.2, 0.25) is 0 Å². The van der Waals surface area contributed by atoms with E-state index in [4.69, 9.17) is 4.52 Å². The third-order valence-corrected chi connectivity index (χ3v) is 4.82. The van der Waals surface area contributed by atoms with E-state index in [2.05, 4.69) is 20.4 Å². The molecule has 128 valence electrons. The lowest BCUT2D eigenvalue weighted by Gasteiger charge is -2.20. The third kappa shape index (κ3) is 3.12. The van der Waals surface area contributed by atoms with Gasteiger partial charge in [0, 0.05) is 24.1 Å². The fraction of sp³-hybridized carbons (Fsp3) is 0.368. The quantitative estimate of drug-likeness (QED) is 0.786. The highest BCUT2D eigenvalue weighted by Crippen LogP contribution is 2.36. The second kappa shape index (κ2) is 6.63. The SMILES string of the molecule is CC(=O)NC(c1nc(-c2cccc3ncccc23)no1)C1CCCC1. The molecule has 1 aromatic carbocycles. The molecule has 6 heteroatoms. The largest absolute Gasteiger partial charge is 0.344 e. The maximum atomic E-state index is 11.6. The minimum absolute atomic E-state index is 0.0778. The summed E-state index contributed by atoms with van der Waals surface area (Å²) >= 11 is 0. The van der Waals surface area contributed by atoms with Gasteiger partial charge in [0.25, 0.3) is 0 Å². The standard InChI is InChI=1S/C19H20N4O2/c1-12(24)21-17(13-6-2-3-7-13)19-22-18(23-25-19)15-8-4-10-16-14(15)9-5-11-20-16/h4-5,8-11,13,17H,2-3,6-7H2,1H3,(H,21,24). The molecule has 1 saturated carbocycles. The van der Waals surface area contributed by atoms with Gasteiger partial charge in [-0.1, -0.05) is 36.2 Å². The summed E-state index contributed by atoms with van der Waals surface area (Å²) in [5.74, 6) is 1.29. The van der Waals surface area contributed by atoms with Crippen molar-refractivity contribution < 1.29 is 9.32 Å². The Bertz CT molecular complexity index is 894. The van der Waals surface area contributed by atoms with E-state index in [-0.39, 0.29) is 11.9 Å². The summed E-state index contributed by atoms with van der Waals surface area (Å²) in [6.45, 7) is 1.52. The number of carbonyl (C=O) groups is 1. The number of hydrogen-bond acceptors (Lipinski definition) is 5. The number of amides is 1. The summed E-state index contributed by atoms with van der Waals surface area (Å²) in [5.41, 5.74) is 1.77. The van der Waals surface area contributed by atoms with Crippen molar-refractivity contribution in [2.24, 2.45) is 5.92 Å². The highest BCUT2D eigenvalue weighted by molar-refractivity contribution is 5.92. The van der Waals surface area contributed by atoms with Gasteiger partial charge in [-0.15, -0.1) is 0 Å². The minimum Gasteiger partial charge on any atom is -0.344 e. The van der Waals surface area contributed by atoms with E-state index >= 15 is 0 Å². The van der Waals surface area contributed by atoms with Crippen LogP contribution in [0.25, 0.3) is 22.3 Å². The maximum Gasteiger partial charge on any atom is 0.249 e. The molecule has 1 aliphatic carbocycles. The van der Waals surface area contributed by atoms with Gasteiger partial charge in [0.2, 0.25) is 17.6 Å². The van der Waals surface area contributed by atoms with Gasteiger partial charge in [-0.3, -0.25) is 9.78 Å². The van der Waals surface area contributed by atoms with Crippen LogP contribution in [0.1, 0.15) is 44.5 Å². The lowest BCUT2D eigenvalue weighted by molar-refractivity contribution is -0.120. The summed E-state index contributed by atoms with van der Waals surface area (Å²) in [6, 6.07) is 9.53. The number of aromatic nitrogens is 3. The van der Waals surface area contributed by atoms with Gasteiger partial charge < -0.3 is 9.84 Å². The van der Waals surface area contributed by atoms with Crippen molar-refractivity contribution in [1.82, 2.24) is 20.4 Å². The van der Waals surface area contributed by atoms with Crippen LogP contribution in [0.4, 0.5) is 0 Å². The van der Waals surface area contributed by atoms with Gasteiger partial charge in [-0.2, -0.15) is 4.98 Å². The van der Waals surface area contributed by atoms with Crippen LogP contribution in [0.3, 0.4) is 0 Å². The van der Waals surface area contributed by atoms with E-state index in [9.17, 15) is 4.79 Å². The maximum absolute atomic E-state index is 11.6. The van der Waals surface area contributed by atoms with Crippen molar-refractivity contribution in [3.05, 3.63) is 42.4 Å². The Morgan fingerprint density at radius 2 is 2.08 bits per heavy atom. The molecule has 3 aromatic rings. The molecule has 0 aliphatic heterocycles. The van der Waals surface area contributed by atoms with E-state index in [1.165, 1.54) is 19.8 Å². The van der Waals surface area contributed by atoms with Crippen molar-refractivity contribution >= 4 is 16.8 Å². The lowest BCUT2D eigenvalue weighted by Crippen LogP contribution is -2.31. The van der Waals surface area contributed by atoms with Crippen LogP contribution in [-0.4, -0.2) is 21.0 Å². The Hall–Kier alpha value is -2.76. The molecular weight excluding hydrogens is 316 g/mol. The van der Waals surface area contributed by atoms with Gasteiger partial charge in [0.05, 0.1) is 5.52 Å². The Balaban J connectivity index is 1.71. The monoisotopic (exact) mass is 336 g/mol. The number of pyridine rings is 1. The third-order valence-electron chi connectivity index (χ3n) is 4.82. The van der Waals surface area contributed by atoms with Crippen molar-refractivity contribution in [2.45, 2.75) is 38.6 Å². The molecule has 25 heavy (non-hydrogen) atoms. The highest BCUT2D eigenvalue weighted by Gasteiger charge is 2.31. The number of fused-ring (bicyclic) bond motifs is 1. The molecule has 6 nitrogen and oxygen atoms in total. The van der Waals surface area contributed by atoms with E-state index in [0.29, 0.717) is 17.6 Å². The van der Waals surface area contributed by atoms with Gasteiger partial charge in [-0.25, -0.2) is 0 Å². The van der Waals surface area contributed by atoms with Crippen LogP contribution in [0, 0.1) is 5.92 Å². The van der Waals surface area contributed by atoms with E-state index < -0.39 is 0 Å². The van der Waals surface area contributed by atoms with Crippen LogP contribution >= 0.6 is 0 Å². The van der Waals surface area contributed by atoms with Crippen LogP contribution in [0.5, 0.6) is 0 Å². The molecule has 1 atom stereocenters. The molecule has 1 aliphatic rings. The predicted molar refractivity (Wildman–Crippen MR) is 93.6 cm³/mol. The van der Waals surface area contributed by atoms with Gasteiger partial charge in [-0.05, 0) is 30.9 Å². The summed E-state index contributed by atoms with van der Waals surface area (Å²) < 4.78 is 5.55. The summed E-state index contributed by atoms with van der Waals surface area (Å²) in [7, 11) is 0. The normalized spacial score (nSPS) is 16.2. The molecule has 1 amide bonds. The topological polar surface area (TPSA) is 80.9 Å². The van der Waals surface area contributed by atoms with Crippen molar-refractivity contribution in [3.63, 3.8) is 0 Å². The van der Waals surface area contributed by atoms with Gasteiger partial charge in [0.15, 0.2) is 0 Å². The zero-order valence-corrected chi connectivity index (χ0v) is 14.1. The van der Waals surface area contributed by atoms with Crippen molar-refractivity contribution in [3.8, 4) is 11.4 Å². The molecule has 0 bridgehead atoms. The first kappa shape index (κ1) is 15.7. The molecular formula is C19H20N4O2. The lowest BCUT2D eigenvalue weighted by atomic mass is 9.98. The Kier molecular flexibility index (Phi) is 4.17. The minimum atomic E-state index is -0.214. The number of nitrogens with zero attached hydrogens (tertiary/aromatic N) is 3. The molecule has 2 heterocycles. The molecule has 0 saturated heterocycles. The van der Waals surface area contributed by atoms with E-state index in [1.54, 1.807) is 6.20 Å². The van der Waals surface area contributed by atoms with Crippen LogP contribution in [-0.2, 0) is 4.79 Å². The van der Waals surface area contributed by atoms with E-state index in [0.717, 1.165) is 29.3 Å². The first-order valence-electron chi connectivity index (χ1n) is 8.67. The Labute approximate surface area is 145 Å². The zero-order chi connectivity index (χ0) is 17.2. The molecule has 2 aromatic heterocycles. The summed E-state index contributed by atoms with van der Waals surface area (Å²) in [5, 5.41) is 8.14. The number of hydrogen-bond donors (Lipinski definition) is 1. The summed E-state index contributed by atoms with van der Waals surface area (Å²) in [4.78, 5) is 20.6. The van der Waals surface area contributed by atoms with Gasteiger partial charge >= 0.3 is 0 Å². The predicted octanol–water partition coefficient (Wildman–Crippen LogP) is 3.65. The fourth-order valence-corrected chi connectivity index (χ4v) is 3.66. The molecule has 1 N–H and O–H groups in total. The molecule has 0 radical (unpaired) electrons. The average molecular weight is 336 g/mol. The van der Waals surface area contributed by atoms with Gasteiger partial charge in [0.1, 0.15) is 6.04 Å².